The molecule has 1 aromatic heterocycles. The molecule has 1 saturated heterocycles. The molecule has 1 aliphatic heterocycles. The largest absolute Gasteiger partial charge is 0.366 e. The van der Waals surface area contributed by atoms with Gasteiger partial charge in [-0.3, -0.25) is 4.79 Å². The van der Waals surface area contributed by atoms with Crippen molar-refractivity contribution in [2.45, 2.75) is 47.1 Å². The Hall–Kier alpha value is -2.94. The molecule has 2 heterocycles. The molecule has 174 valence electrons. The Balaban J connectivity index is 1.91. The second-order valence-electron chi connectivity index (χ2n) is 9.74. The summed E-state index contributed by atoms with van der Waals surface area (Å²) >= 11 is 0. The van der Waals surface area contributed by atoms with Crippen LogP contribution in [0, 0.1) is 12.3 Å². The van der Waals surface area contributed by atoms with Gasteiger partial charge in [-0.15, -0.1) is 0 Å². The maximum atomic E-state index is 11.6. The zero-order valence-electron chi connectivity index (χ0n) is 20.1. The van der Waals surface area contributed by atoms with Crippen LogP contribution in [0.3, 0.4) is 0 Å². The van der Waals surface area contributed by atoms with Gasteiger partial charge in [-0.1, -0.05) is 33.8 Å². The van der Waals surface area contributed by atoms with Gasteiger partial charge in [0.2, 0.25) is 23.8 Å². The number of nitrogens with one attached hydrogen (secondary N) is 2. The Labute approximate surface area is 190 Å². The number of nitrogens with two attached hydrogens (primary N) is 1. The number of aryl methyl sites for hydroxylation is 1. The summed E-state index contributed by atoms with van der Waals surface area (Å²) in [6.45, 7) is 14.5. The first kappa shape index (κ1) is 23.7. The minimum absolute atomic E-state index is 0.0854. The van der Waals surface area contributed by atoms with Crippen molar-refractivity contribution in [3.05, 3.63) is 29.3 Å². The van der Waals surface area contributed by atoms with Crippen molar-refractivity contribution < 1.29 is 4.79 Å². The van der Waals surface area contributed by atoms with E-state index in [1.54, 1.807) is 12.1 Å². The molecular weight excluding hydrogens is 404 g/mol. The van der Waals surface area contributed by atoms with E-state index in [-0.39, 0.29) is 5.41 Å². The molecule has 3 rings (SSSR count). The van der Waals surface area contributed by atoms with Gasteiger partial charge in [-0.05, 0) is 43.0 Å². The second kappa shape index (κ2) is 9.68. The Bertz CT molecular complexity index is 955. The first-order chi connectivity index (χ1) is 15.0. The van der Waals surface area contributed by atoms with Gasteiger partial charge < -0.3 is 26.2 Å². The highest BCUT2D eigenvalue weighted by molar-refractivity contribution is 5.94. The summed E-state index contributed by atoms with van der Waals surface area (Å²) < 4.78 is 0. The number of aromatic nitrogens is 3. The Morgan fingerprint density at radius 1 is 1.25 bits per heavy atom. The summed E-state index contributed by atoms with van der Waals surface area (Å²) in [6.07, 6.45) is 1.05. The van der Waals surface area contributed by atoms with E-state index in [1.165, 1.54) is 0 Å². The summed E-state index contributed by atoms with van der Waals surface area (Å²) in [5.41, 5.74) is 7.67. The predicted octanol–water partition coefficient (Wildman–Crippen LogP) is 3.01. The van der Waals surface area contributed by atoms with Crippen LogP contribution in [0.5, 0.6) is 0 Å². The standard InChI is InChI=1S/C23H36N8O/c1-7-31-11-10-17(13-31)25-20-27-21(29-22(28-20)30(6)14-23(3,4)5)26-18-12-16(19(24)32)9-8-15(18)2/h8-9,12,17H,7,10-11,13-14H2,1-6H3,(H2,24,32)(H2,25,26,27,28,29)/t17-/m0/s1. The van der Waals surface area contributed by atoms with Gasteiger partial charge in [-0.25, -0.2) is 0 Å². The molecule has 9 nitrogen and oxygen atoms in total. The van der Waals surface area contributed by atoms with Crippen LogP contribution in [0.1, 0.15) is 50.0 Å². The van der Waals surface area contributed by atoms with Crippen LogP contribution in [-0.2, 0) is 0 Å². The van der Waals surface area contributed by atoms with Crippen LogP contribution in [0.2, 0.25) is 0 Å². The maximum absolute atomic E-state index is 11.6. The number of rotatable bonds is 8. The van der Waals surface area contributed by atoms with Crippen LogP contribution >= 0.6 is 0 Å². The first-order valence-electron chi connectivity index (χ1n) is 11.2. The molecule has 0 spiro atoms. The van der Waals surface area contributed by atoms with Crippen LogP contribution in [-0.4, -0.2) is 65.0 Å². The van der Waals surface area contributed by atoms with Crippen molar-refractivity contribution >= 4 is 29.4 Å². The van der Waals surface area contributed by atoms with E-state index in [4.69, 9.17) is 10.7 Å². The number of carbonyl (C=O) groups is 1. The highest BCUT2D eigenvalue weighted by Gasteiger charge is 2.23. The maximum Gasteiger partial charge on any atom is 0.248 e. The third-order valence-electron chi connectivity index (χ3n) is 5.50. The monoisotopic (exact) mass is 440 g/mol. The fourth-order valence-electron chi connectivity index (χ4n) is 3.89. The lowest BCUT2D eigenvalue weighted by Gasteiger charge is -2.27. The summed E-state index contributed by atoms with van der Waals surface area (Å²) in [7, 11) is 1.99. The number of likely N-dealkylation sites (N-methyl/N-ethyl adjacent to an activating group) is 1. The highest BCUT2D eigenvalue weighted by Crippen LogP contribution is 2.24. The van der Waals surface area contributed by atoms with Crippen molar-refractivity contribution in [2.75, 3.05) is 48.8 Å². The van der Waals surface area contributed by atoms with Crippen LogP contribution in [0.4, 0.5) is 23.5 Å². The lowest BCUT2D eigenvalue weighted by atomic mass is 9.96. The van der Waals surface area contributed by atoms with Crippen LogP contribution in [0.15, 0.2) is 18.2 Å². The molecule has 0 saturated carbocycles. The summed E-state index contributed by atoms with van der Waals surface area (Å²) in [6, 6.07) is 5.59. The Morgan fingerprint density at radius 2 is 1.97 bits per heavy atom. The average molecular weight is 441 g/mol. The molecular formula is C23H36N8O. The number of nitrogens with zero attached hydrogens (tertiary/aromatic N) is 5. The zero-order chi connectivity index (χ0) is 23.5. The van der Waals surface area contributed by atoms with Gasteiger partial charge >= 0.3 is 0 Å². The van der Waals surface area contributed by atoms with Crippen molar-refractivity contribution in [3.63, 3.8) is 0 Å². The minimum Gasteiger partial charge on any atom is -0.366 e. The molecule has 0 bridgehead atoms. The van der Waals surface area contributed by atoms with Gasteiger partial charge in [0.1, 0.15) is 0 Å². The first-order valence-corrected chi connectivity index (χ1v) is 11.2. The van der Waals surface area contributed by atoms with E-state index in [9.17, 15) is 4.79 Å². The van der Waals surface area contributed by atoms with Gasteiger partial charge in [-0.2, -0.15) is 15.0 Å². The number of hydrogen-bond acceptors (Lipinski definition) is 8. The number of anilines is 4. The van der Waals surface area contributed by atoms with Gasteiger partial charge in [0.05, 0.1) is 0 Å². The molecule has 4 N–H and O–H groups in total. The van der Waals surface area contributed by atoms with Crippen LogP contribution in [0.25, 0.3) is 0 Å². The molecule has 1 aliphatic rings. The Kier molecular flexibility index (Phi) is 7.18. The van der Waals surface area contributed by atoms with Gasteiger partial charge in [0.25, 0.3) is 0 Å². The molecule has 1 atom stereocenters. The smallest absolute Gasteiger partial charge is 0.248 e. The van der Waals surface area contributed by atoms with E-state index in [0.29, 0.717) is 29.5 Å². The molecule has 1 aromatic carbocycles. The van der Waals surface area contributed by atoms with Crippen molar-refractivity contribution in [1.29, 1.82) is 0 Å². The Morgan fingerprint density at radius 3 is 2.59 bits per heavy atom. The van der Waals surface area contributed by atoms with Crippen molar-refractivity contribution in [1.82, 2.24) is 19.9 Å². The molecule has 1 fully saturated rings. The molecule has 0 unspecified atom stereocenters. The van der Waals surface area contributed by atoms with Crippen LogP contribution < -0.4 is 21.3 Å². The topological polar surface area (TPSA) is 112 Å². The summed E-state index contributed by atoms with van der Waals surface area (Å²) in [4.78, 5) is 30.1. The number of primary amides is 1. The molecule has 2 aromatic rings. The van der Waals surface area contributed by atoms with Gasteiger partial charge in [0, 0.05) is 44.0 Å². The summed E-state index contributed by atoms with van der Waals surface area (Å²) in [5.74, 6) is 1.09. The predicted molar refractivity (Wildman–Crippen MR) is 130 cm³/mol. The summed E-state index contributed by atoms with van der Waals surface area (Å²) in [5, 5.41) is 6.75. The molecule has 1 amide bonds. The number of hydrogen-bond donors (Lipinski definition) is 3. The lowest BCUT2D eigenvalue weighted by Crippen LogP contribution is -2.31. The third kappa shape index (κ3) is 6.29. The van der Waals surface area contributed by atoms with E-state index >= 15 is 0 Å². The van der Waals surface area contributed by atoms with Gasteiger partial charge in [0.15, 0.2) is 0 Å². The van der Waals surface area contributed by atoms with E-state index in [0.717, 1.165) is 43.9 Å². The molecule has 0 aliphatic carbocycles. The number of benzene rings is 1. The van der Waals surface area contributed by atoms with Crippen molar-refractivity contribution in [3.8, 4) is 0 Å². The second-order valence-corrected chi connectivity index (χ2v) is 9.74. The number of amides is 1. The highest BCUT2D eigenvalue weighted by atomic mass is 16.1. The van der Waals surface area contributed by atoms with E-state index in [2.05, 4.69) is 53.2 Å². The van der Waals surface area contributed by atoms with Crippen molar-refractivity contribution in [2.24, 2.45) is 11.1 Å². The van der Waals surface area contributed by atoms with E-state index in [1.807, 2.05) is 24.9 Å². The lowest BCUT2D eigenvalue weighted by molar-refractivity contribution is 0.100. The zero-order valence-corrected chi connectivity index (χ0v) is 20.1. The normalized spacial score (nSPS) is 16.8. The fourth-order valence-corrected chi connectivity index (χ4v) is 3.89. The quantitative estimate of drug-likeness (QED) is 0.574. The SMILES string of the molecule is CCN1CC[C@H](Nc2nc(Nc3cc(C(N)=O)ccc3C)nc(N(C)CC(C)(C)C)n2)C1. The minimum atomic E-state index is -0.474. The number of likely N-dealkylation sites (tertiary alicyclic amines) is 1. The molecule has 32 heavy (non-hydrogen) atoms. The number of carbonyl (C=O) groups excluding carboxylic acids is 1. The van der Waals surface area contributed by atoms with E-state index < -0.39 is 5.91 Å². The average Bonchev–Trinajstić information content (AvgIpc) is 3.15. The third-order valence-corrected chi connectivity index (χ3v) is 5.50. The fraction of sp³-hybridized carbons (Fsp3) is 0.565. The molecule has 0 radical (unpaired) electrons. The molecule has 9 heteroatoms.